The molecule has 3 aromatic rings. The van der Waals surface area contributed by atoms with E-state index in [4.69, 9.17) is 9.47 Å². The van der Waals surface area contributed by atoms with Crippen LogP contribution < -0.4 is 10.3 Å². The van der Waals surface area contributed by atoms with Crippen molar-refractivity contribution in [1.82, 2.24) is 4.98 Å². The van der Waals surface area contributed by atoms with E-state index >= 15 is 0 Å². The van der Waals surface area contributed by atoms with Crippen molar-refractivity contribution < 1.29 is 22.8 Å². The summed E-state index contributed by atoms with van der Waals surface area (Å²) in [4.78, 5) is 15.1. The summed E-state index contributed by atoms with van der Waals surface area (Å²) in [6, 6.07) is 9.75. The van der Waals surface area contributed by atoms with E-state index < -0.39 is 17.2 Å². The molecule has 0 saturated carbocycles. The van der Waals surface area contributed by atoms with Crippen molar-refractivity contribution in [2.45, 2.75) is 19.6 Å². The molecule has 4 rings (SSSR count). The smallest absolute Gasteiger partial charge is 0.256 e. The zero-order valence-electron chi connectivity index (χ0n) is 16.4. The second-order valence-electron chi connectivity index (χ2n) is 7.12. The lowest BCUT2D eigenvalue weighted by Crippen LogP contribution is -2.32. The zero-order chi connectivity index (χ0) is 20.7. The molecular weight excluding hydrogens is 378 g/mol. The predicted octanol–water partition coefficient (Wildman–Crippen LogP) is 3.54. The lowest BCUT2D eigenvalue weighted by atomic mass is 9.97. The van der Waals surface area contributed by atoms with E-state index in [0.717, 1.165) is 29.2 Å². The van der Waals surface area contributed by atoms with Gasteiger partial charge in [0, 0.05) is 17.9 Å². The molecule has 1 aliphatic rings. The highest BCUT2D eigenvalue weighted by molar-refractivity contribution is 6.10. The molecule has 0 radical (unpaired) electrons. The number of hydrogen-bond donors (Lipinski definition) is 1. The lowest BCUT2D eigenvalue weighted by molar-refractivity contribution is -0.541. The summed E-state index contributed by atoms with van der Waals surface area (Å²) in [5.74, 6) is -1.26. The van der Waals surface area contributed by atoms with E-state index in [9.17, 15) is 13.6 Å². The number of pyridine rings is 1. The average Bonchev–Trinajstić information content (AvgIpc) is 2.73. The third-order valence-corrected chi connectivity index (χ3v) is 5.52. The number of benzene rings is 2. The van der Waals surface area contributed by atoms with E-state index in [1.807, 2.05) is 42.8 Å². The van der Waals surface area contributed by atoms with Gasteiger partial charge in [-0.15, -0.1) is 0 Å². The molecule has 5 nitrogen and oxygen atoms in total. The highest BCUT2D eigenvalue weighted by Crippen LogP contribution is 2.27. The topological polar surface area (TPSA) is 54.3 Å². The molecule has 7 heteroatoms. The molecule has 29 heavy (non-hydrogen) atoms. The van der Waals surface area contributed by atoms with E-state index in [2.05, 4.69) is 4.98 Å². The first kappa shape index (κ1) is 19.3. The molecule has 0 saturated heterocycles. The van der Waals surface area contributed by atoms with E-state index in [-0.39, 0.29) is 18.0 Å². The van der Waals surface area contributed by atoms with E-state index in [0.29, 0.717) is 23.3 Å². The fourth-order valence-electron chi connectivity index (χ4n) is 3.75. The summed E-state index contributed by atoms with van der Waals surface area (Å²) in [7, 11) is 3.53. The molecule has 0 spiro atoms. The van der Waals surface area contributed by atoms with E-state index in [1.54, 1.807) is 7.11 Å². The van der Waals surface area contributed by atoms with Gasteiger partial charge in [0.05, 0.1) is 30.4 Å². The van der Waals surface area contributed by atoms with Gasteiger partial charge in [0.25, 0.3) is 5.56 Å². The van der Waals surface area contributed by atoms with Gasteiger partial charge in [0.15, 0.2) is 17.7 Å². The van der Waals surface area contributed by atoms with Gasteiger partial charge in [-0.25, -0.2) is 13.4 Å². The molecule has 0 amide bonds. The quantitative estimate of drug-likeness (QED) is 0.686. The Kier molecular flexibility index (Phi) is 4.92. The number of aromatic nitrogens is 1. The van der Waals surface area contributed by atoms with Gasteiger partial charge in [-0.1, -0.05) is 0 Å². The molecule has 0 aliphatic carbocycles. The minimum absolute atomic E-state index is 0.0299. The van der Waals surface area contributed by atoms with Crippen molar-refractivity contribution in [3.05, 3.63) is 75.2 Å². The summed E-state index contributed by atoms with van der Waals surface area (Å²) in [6.07, 6.45) is 0. The summed E-state index contributed by atoms with van der Waals surface area (Å²) in [5, 5.41) is 0.502. The van der Waals surface area contributed by atoms with Crippen LogP contribution in [0.3, 0.4) is 0 Å². The Bertz CT molecular complexity index is 1180. The molecule has 2 aromatic carbocycles. The minimum Gasteiger partial charge on any atom is -0.497 e. The second-order valence-corrected chi connectivity index (χ2v) is 7.12. The number of H-pyrrole nitrogens is 1. The Morgan fingerprint density at radius 3 is 2.41 bits per heavy atom. The van der Waals surface area contributed by atoms with Crippen molar-refractivity contribution in [1.29, 1.82) is 0 Å². The Balaban J connectivity index is 1.91. The number of nitrogens with one attached hydrogen (secondary N) is 1. The van der Waals surface area contributed by atoms with Crippen molar-refractivity contribution in [3.63, 3.8) is 0 Å². The third kappa shape index (κ3) is 3.31. The van der Waals surface area contributed by atoms with Crippen LogP contribution in [0.4, 0.5) is 8.78 Å². The van der Waals surface area contributed by atoms with Gasteiger partial charge in [-0.2, -0.15) is 0 Å². The molecule has 0 unspecified atom stereocenters. The average molecular weight is 399 g/mol. The highest BCUT2D eigenvalue weighted by atomic mass is 19.2. The van der Waals surface area contributed by atoms with Crippen LogP contribution in [0, 0.1) is 11.6 Å². The number of fused-ring (bicyclic) bond motifs is 3. The van der Waals surface area contributed by atoms with Crippen molar-refractivity contribution in [2.24, 2.45) is 0 Å². The second kappa shape index (κ2) is 7.40. The lowest BCUT2D eigenvalue weighted by Gasteiger charge is -2.21. The predicted molar refractivity (Wildman–Crippen MR) is 106 cm³/mol. The first-order valence-electron chi connectivity index (χ1n) is 9.25. The van der Waals surface area contributed by atoms with Gasteiger partial charge in [-0.3, -0.25) is 4.79 Å². The number of nitrogens with zero attached hydrogens (tertiary/aromatic N) is 1. The number of aromatic amines is 1. The van der Waals surface area contributed by atoms with Crippen molar-refractivity contribution in [2.75, 3.05) is 20.8 Å². The molecule has 1 atom stereocenters. The maximum Gasteiger partial charge on any atom is 0.256 e. The van der Waals surface area contributed by atoms with Crippen LogP contribution in [0.2, 0.25) is 0 Å². The number of ether oxygens (including phenoxy) is 2. The Labute approximate surface area is 166 Å². The van der Waals surface area contributed by atoms with Crippen LogP contribution in [-0.2, 0) is 11.3 Å². The molecule has 2 heterocycles. The summed E-state index contributed by atoms with van der Waals surface area (Å²) in [6.45, 7) is 2.54. The molecule has 1 aromatic heterocycles. The number of halogens is 2. The van der Waals surface area contributed by atoms with Crippen molar-refractivity contribution >= 4 is 16.5 Å². The molecule has 1 N–H and O–H groups in total. The van der Waals surface area contributed by atoms with Gasteiger partial charge in [-0.05, 0) is 36.4 Å². The summed E-state index contributed by atoms with van der Waals surface area (Å²) >= 11 is 0. The highest BCUT2D eigenvalue weighted by Gasteiger charge is 2.30. The van der Waals surface area contributed by atoms with E-state index in [1.165, 1.54) is 0 Å². The zero-order valence-corrected chi connectivity index (χ0v) is 16.4. The van der Waals surface area contributed by atoms with Crippen LogP contribution in [0.15, 0.2) is 41.2 Å². The van der Waals surface area contributed by atoms with Crippen LogP contribution in [0.1, 0.15) is 29.8 Å². The van der Waals surface area contributed by atoms with Gasteiger partial charge in [0.2, 0.25) is 5.71 Å². The standard InChI is InChI=1S/C22H20F2N2O3/c1-12(13-4-6-14(28-3)7-5-13)26(2)20-11-29-10-19-21(20)15-8-17(23)18(24)9-16(15)22(27)25-19/h4-9,12H,10-11H2,1-3H3/p+1/t12-/m1/s1. The number of rotatable bonds is 3. The molecule has 0 bridgehead atoms. The first-order chi connectivity index (χ1) is 13.9. The maximum absolute atomic E-state index is 14.0. The summed E-state index contributed by atoms with van der Waals surface area (Å²) in [5.41, 5.74) is 2.63. The van der Waals surface area contributed by atoms with Gasteiger partial charge < -0.3 is 14.5 Å². The van der Waals surface area contributed by atoms with Crippen molar-refractivity contribution in [3.8, 4) is 5.75 Å². The third-order valence-electron chi connectivity index (χ3n) is 5.52. The molecule has 150 valence electrons. The Morgan fingerprint density at radius 2 is 1.76 bits per heavy atom. The normalized spacial score (nSPS) is 16.4. The van der Waals surface area contributed by atoms with Gasteiger partial charge >= 0.3 is 0 Å². The molecule has 1 aliphatic heterocycles. The Hall–Kier alpha value is -3.06. The fraction of sp³-hybridized carbons (Fsp3) is 0.273. The monoisotopic (exact) mass is 399 g/mol. The largest absolute Gasteiger partial charge is 0.497 e. The fourth-order valence-corrected chi connectivity index (χ4v) is 3.75. The van der Waals surface area contributed by atoms with Crippen LogP contribution in [0.5, 0.6) is 5.75 Å². The first-order valence-corrected chi connectivity index (χ1v) is 9.25. The molecule has 0 fully saturated rings. The SMILES string of the molecule is COc1ccc([C@@H](C)[N+](C)=C2COCc3[nH]c(=O)c4cc(F)c(F)cc4c32)cc1. The maximum atomic E-state index is 14.0. The summed E-state index contributed by atoms with van der Waals surface area (Å²) < 4.78 is 40.7. The Morgan fingerprint density at radius 1 is 1.10 bits per heavy atom. The van der Waals surface area contributed by atoms with Crippen LogP contribution in [-0.4, -0.2) is 36.0 Å². The van der Waals surface area contributed by atoms with Gasteiger partial charge in [0.1, 0.15) is 19.4 Å². The number of methoxy groups -OCH3 is 1. The number of hydrogen-bond acceptors (Lipinski definition) is 3. The molecular formula is C22H21F2N2O3+. The van der Waals surface area contributed by atoms with Crippen LogP contribution in [0.25, 0.3) is 10.8 Å². The minimum atomic E-state index is -1.04. The van der Waals surface area contributed by atoms with Crippen LogP contribution >= 0.6 is 0 Å².